The smallest absolute Gasteiger partial charge is 0.339 e. The van der Waals surface area contributed by atoms with E-state index in [1.165, 1.54) is 0 Å². The Morgan fingerprint density at radius 3 is 1.39 bits per heavy atom. The molecule has 6 heteroatoms. The number of pyridine rings is 2. The minimum Gasteiger partial charge on any atom is -0.461 e. The van der Waals surface area contributed by atoms with Gasteiger partial charge in [-0.1, -0.05) is 79.1 Å². The van der Waals surface area contributed by atoms with Crippen LogP contribution < -0.4 is 0 Å². The van der Waals surface area contributed by atoms with Gasteiger partial charge in [0.15, 0.2) is 0 Å². The zero-order chi connectivity index (χ0) is 27.7. The molecule has 0 amide bonds. The van der Waals surface area contributed by atoms with Crippen LogP contribution in [0.3, 0.4) is 0 Å². The lowest BCUT2D eigenvalue weighted by molar-refractivity contribution is 0.0251. The predicted octanol–water partition coefficient (Wildman–Crippen LogP) is 8.22. The van der Waals surface area contributed by atoms with Gasteiger partial charge in [-0.3, -0.25) is 9.97 Å². The van der Waals surface area contributed by atoms with Crippen molar-refractivity contribution in [2.24, 2.45) is 10.8 Å². The van der Waals surface area contributed by atoms with Gasteiger partial charge in [-0.2, -0.15) is 0 Å². The second-order valence-corrected chi connectivity index (χ2v) is 11.4. The van der Waals surface area contributed by atoms with E-state index in [4.69, 9.17) is 9.47 Å². The van der Waals surface area contributed by atoms with Crippen LogP contribution in [0.4, 0.5) is 0 Å². The molecule has 0 N–H and O–H groups in total. The van der Waals surface area contributed by atoms with Gasteiger partial charge in [0.2, 0.25) is 0 Å². The lowest BCUT2D eigenvalue weighted by Gasteiger charge is -2.30. The van der Waals surface area contributed by atoms with Crippen molar-refractivity contribution in [2.45, 2.75) is 105 Å². The molecule has 2 unspecified atom stereocenters. The standard InChI is InChI=1S/C32H48N2O4/c1-5-7-17-31(3,25-37-29(35)27-15-13-21-33-23-27)19-11-9-10-12-20-32(4,18-8-6-2)26-38-30(36)28-16-14-22-34-24-28/h13-16,21-24H,5-12,17-20,25-26H2,1-4H3. The molecule has 2 aromatic rings. The number of hydrogen-bond donors (Lipinski definition) is 0. The second-order valence-electron chi connectivity index (χ2n) is 11.4. The Morgan fingerprint density at radius 2 is 1.05 bits per heavy atom. The lowest BCUT2D eigenvalue weighted by atomic mass is 9.79. The highest BCUT2D eigenvalue weighted by Crippen LogP contribution is 2.34. The highest BCUT2D eigenvalue weighted by Gasteiger charge is 2.27. The summed E-state index contributed by atoms with van der Waals surface area (Å²) in [4.78, 5) is 32.9. The maximum atomic E-state index is 12.4. The first-order valence-electron chi connectivity index (χ1n) is 14.5. The Kier molecular flexibility index (Phi) is 14.0. The number of hydrogen-bond acceptors (Lipinski definition) is 6. The van der Waals surface area contributed by atoms with E-state index in [-0.39, 0.29) is 22.8 Å². The molecule has 0 aromatic carbocycles. The summed E-state index contributed by atoms with van der Waals surface area (Å²) in [7, 11) is 0. The molecule has 0 bridgehead atoms. The molecule has 6 nitrogen and oxygen atoms in total. The van der Waals surface area contributed by atoms with Crippen molar-refractivity contribution in [3.05, 3.63) is 60.2 Å². The molecule has 0 saturated heterocycles. The van der Waals surface area contributed by atoms with Crippen molar-refractivity contribution in [2.75, 3.05) is 13.2 Å². The van der Waals surface area contributed by atoms with Gasteiger partial charge in [0.1, 0.15) is 0 Å². The highest BCUT2D eigenvalue weighted by atomic mass is 16.5. The summed E-state index contributed by atoms with van der Waals surface area (Å²) in [6.45, 7) is 9.78. The average molecular weight is 525 g/mol. The molecule has 0 aliphatic carbocycles. The maximum absolute atomic E-state index is 12.4. The van der Waals surface area contributed by atoms with Gasteiger partial charge in [0.25, 0.3) is 0 Å². The highest BCUT2D eigenvalue weighted by molar-refractivity contribution is 5.89. The van der Waals surface area contributed by atoms with E-state index < -0.39 is 0 Å². The quantitative estimate of drug-likeness (QED) is 0.136. The number of aromatic nitrogens is 2. The van der Waals surface area contributed by atoms with Crippen molar-refractivity contribution >= 4 is 11.9 Å². The molecule has 0 saturated carbocycles. The van der Waals surface area contributed by atoms with Crippen LogP contribution in [0.15, 0.2) is 49.1 Å². The third-order valence-electron chi connectivity index (χ3n) is 7.48. The molecule has 2 rings (SSSR count). The molecule has 0 radical (unpaired) electrons. The molecule has 0 spiro atoms. The van der Waals surface area contributed by atoms with Crippen LogP contribution in [0.1, 0.15) is 125 Å². The summed E-state index contributed by atoms with van der Waals surface area (Å²) in [6.07, 6.45) is 19.7. The van der Waals surface area contributed by atoms with Crippen LogP contribution in [0.25, 0.3) is 0 Å². The maximum Gasteiger partial charge on any atom is 0.339 e. The Hall–Kier alpha value is -2.76. The first-order valence-corrected chi connectivity index (χ1v) is 14.5. The molecule has 2 heterocycles. The first-order chi connectivity index (χ1) is 18.3. The topological polar surface area (TPSA) is 78.4 Å². The van der Waals surface area contributed by atoms with Gasteiger partial charge in [-0.25, -0.2) is 9.59 Å². The Balaban J connectivity index is 1.78. The van der Waals surface area contributed by atoms with Crippen LogP contribution >= 0.6 is 0 Å². The zero-order valence-electron chi connectivity index (χ0n) is 24.0. The van der Waals surface area contributed by atoms with Crippen molar-refractivity contribution in [1.29, 1.82) is 0 Å². The molecule has 0 fully saturated rings. The number of ether oxygens (including phenoxy) is 2. The monoisotopic (exact) mass is 524 g/mol. The number of esters is 2. The van der Waals surface area contributed by atoms with E-state index in [1.54, 1.807) is 49.1 Å². The minimum absolute atomic E-state index is 0.00990. The van der Waals surface area contributed by atoms with Crippen LogP contribution in [0.5, 0.6) is 0 Å². The van der Waals surface area contributed by atoms with Crippen molar-refractivity contribution < 1.29 is 19.1 Å². The van der Waals surface area contributed by atoms with Gasteiger partial charge in [0.05, 0.1) is 24.3 Å². The number of unbranched alkanes of at least 4 members (excludes halogenated alkanes) is 5. The predicted molar refractivity (Wildman–Crippen MR) is 152 cm³/mol. The molecule has 2 aromatic heterocycles. The Bertz CT molecular complexity index is 859. The number of carbonyl (C=O) groups excluding carboxylic acids is 2. The summed E-state index contributed by atoms with van der Waals surface area (Å²) >= 11 is 0. The van der Waals surface area contributed by atoms with Gasteiger partial charge >= 0.3 is 11.9 Å². The largest absolute Gasteiger partial charge is 0.461 e. The molecule has 0 aliphatic heterocycles. The number of nitrogens with zero attached hydrogens (tertiary/aromatic N) is 2. The molecular weight excluding hydrogens is 476 g/mol. The number of carbonyl (C=O) groups is 2. The Morgan fingerprint density at radius 1 is 0.658 bits per heavy atom. The summed E-state index contributed by atoms with van der Waals surface area (Å²) in [5, 5.41) is 0. The fourth-order valence-corrected chi connectivity index (χ4v) is 4.82. The van der Waals surface area contributed by atoms with Gasteiger partial charge in [-0.15, -0.1) is 0 Å². The van der Waals surface area contributed by atoms with E-state index in [1.807, 2.05) is 0 Å². The van der Waals surface area contributed by atoms with Crippen molar-refractivity contribution in [3.8, 4) is 0 Å². The van der Waals surface area contributed by atoms with E-state index >= 15 is 0 Å². The number of rotatable bonds is 19. The first kappa shape index (κ1) is 31.5. The fraction of sp³-hybridized carbons (Fsp3) is 0.625. The zero-order valence-corrected chi connectivity index (χ0v) is 24.0. The van der Waals surface area contributed by atoms with E-state index in [2.05, 4.69) is 37.7 Å². The van der Waals surface area contributed by atoms with Crippen LogP contribution in [0.2, 0.25) is 0 Å². The van der Waals surface area contributed by atoms with E-state index in [0.29, 0.717) is 24.3 Å². The van der Waals surface area contributed by atoms with E-state index in [0.717, 1.165) is 77.0 Å². The van der Waals surface area contributed by atoms with E-state index in [9.17, 15) is 9.59 Å². The fourth-order valence-electron chi connectivity index (χ4n) is 4.82. The molecule has 0 aliphatic rings. The van der Waals surface area contributed by atoms with Gasteiger partial charge in [0, 0.05) is 35.6 Å². The normalized spacial score (nSPS) is 14.3. The summed E-state index contributed by atoms with van der Waals surface area (Å²) in [6, 6.07) is 7.00. The van der Waals surface area contributed by atoms with Gasteiger partial charge < -0.3 is 9.47 Å². The van der Waals surface area contributed by atoms with Crippen LogP contribution in [0, 0.1) is 10.8 Å². The van der Waals surface area contributed by atoms with Crippen LogP contribution in [-0.2, 0) is 9.47 Å². The average Bonchev–Trinajstić information content (AvgIpc) is 2.95. The van der Waals surface area contributed by atoms with Crippen LogP contribution in [-0.4, -0.2) is 35.1 Å². The lowest BCUT2D eigenvalue weighted by Crippen LogP contribution is -2.26. The third-order valence-corrected chi connectivity index (χ3v) is 7.48. The summed E-state index contributed by atoms with van der Waals surface area (Å²) in [5.41, 5.74) is 0.985. The van der Waals surface area contributed by atoms with Gasteiger partial charge in [-0.05, 0) is 49.9 Å². The summed E-state index contributed by atoms with van der Waals surface area (Å²) in [5.74, 6) is -0.590. The van der Waals surface area contributed by atoms with Crippen molar-refractivity contribution in [3.63, 3.8) is 0 Å². The Labute approximate surface area is 230 Å². The summed E-state index contributed by atoms with van der Waals surface area (Å²) < 4.78 is 11.4. The molecule has 2 atom stereocenters. The second kappa shape index (κ2) is 17.0. The SMILES string of the molecule is CCCCC(C)(CCCCCCC(C)(CCCC)COC(=O)c1cccnc1)COC(=O)c1cccnc1. The minimum atomic E-state index is -0.295. The third kappa shape index (κ3) is 11.7. The van der Waals surface area contributed by atoms with Crippen molar-refractivity contribution in [1.82, 2.24) is 9.97 Å². The molecular formula is C32H48N2O4. The molecule has 38 heavy (non-hydrogen) atoms. The molecule has 210 valence electrons.